The van der Waals surface area contributed by atoms with Crippen LogP contribution in [0.3, 0.4) is 0 Å². The van der Waals surface area contributed by atoms with E-state index in [0.717, 1.165) is 41.7 Å². The van der Waals surface area contributed by atoms with Crippen molar-refractivity contribution < 1.29 is 4.79 Å². The van der Waals surface area contributed by atoms with Gasteiger partial charge in [-0.05, 0) is 38.3 Å². The van der Waals surface area contributed by atoms with Crippen molar-refractivity contribution in [2.45, 2.75) is 32.6 Å². The quantitative estimate of drug-likeness (QED) is 0.770. The molecule has 1 amide bonds. The normalized spacial score (nSPS) is 18.2. The summed E-state index contributed by atoms with van der Waals surface area (Å²) in [6, 6.07) is 10.1. The largest absolute Gasteiger partial charge is 0.356 e. The van der Waals surface area contributed by atoms with Gasteiger partial charge in [-0.1, -0.05) is 37.3 Å². The molecule has 4 nitrogen and oxygen atoms in total. The number of nitrogens with zero attached hydrogens (tertiary/aromatic N) is 2. The number of thiazole rings is 1. The number of nitrogens with one attached hydrogen (secondary N) is 1. The van der Waals surface area contributed by atoms with Gasteiger partial charge in [-0.25, -0.2) is 4.98 Å². The molecule has 1 unspecified atom stereocenters. The summed E-state index contributed by atoms with van der Waals surface area (Å²) in [4.78, 5) is 19.2. The Morgan fingerprint density at radius 3 is 3.00 bits per heavy atom. The molecule has 1 aromatic heterocycles. The number of aromatic nitrogens is 1. The van der Waals surface area contributed by atoms with Crippen molar-refractivity contribution in [2.75, 3.05) is 26.2 Å². The van der Waals surface area contributed by atoms with E-state index in [0.29, 0.717) is 6.42 Å². The molecule has 0 spiro atoms. The fourth-order valence-corrected chi connectivity index (χ4v) is 4.17. The van der Waals surface area contributed by atoms with E-state index in [2.05, 4.69) is 22.1 Å². The van der Waals surface area contributed by atoms with Crippen LogP contribution in [0.15, 0.2) is 35.7 Å². The van der Waals surface area contributed by atoms with E-state index in [9.17, 15) is 4.79 Å². The molecule has 0 radical (unpaired) electrons. The van der Waals surface area contributed by atoms with Crippen LogP contribution in [0.2, 0.25) is 0 Å². The van der Waals surface area contributed by atoms with E-state index in [4.69, 9.17) is 0 Å². The second-order valence-electron chi connectivity index (χ2n) is 6.94. The topological polar surface area (TPSA) is 45.2 Å². The van der Waals surface area contributed by atoms with Gasteiger partial charge in [0.25, 0.3) is 0 Å². The second kappa shape index (κ2) is 9.11. The summed E-state index contributed by atoms with van der Waals surface area (Å²) in [6.07, 6.45) is 4.04. The van der Waals surface area contributed by atoms with Crippen molar-refractivity contribution in [2.24, 2.45) is 5.92 Å². The van der Waals surface area contributed by atoms with Gasteiger partial charge in [0.05, 0.1) is 12.1 Å². The molecule has 25 heavy (non-hydrogen) atoms. The molecule has 1 N–H and O–H groups in total. The minimum absolute atomic E-state index is 0.0666. The summed E-state index contributed by atoms with van der Waals surface area (Å²) in [5.41, 5.74) is 1.96. The Labute approximate surface area is 154 Å². The number of benzene rings is 1. The Morgan fingerprint density at radius 1 is 1.36 bits per heavy atom. The van der Waals surface area contributed by atoms with Crippen LogP contribution in [0, 0.1) is 5.92 Å². The number of hydrogen-bond acceptors (Lipinski definition) is 4. The summed E-state index contributed by atoms with van der Waals surface area (Å²) in [5, 5.41) is 5.99. The molecule has 1 saturated heterocycles. The van der Waals surface area contributed by atoms with E-state index in [1.54, 1.807) is 11.3 Å². The van der Waals surface area contributed by atoms with Crippen LogP contribution in [0.1, 0.15) is 31.9 Å². The number of rotatable bonds is 7. The van der Waals surface area contributed by atoms with Gasteiger partial charge >= 0.3 is 0 Å². The number of hydrogen-bond donors (Lipinski definition) is 1. The van der Waals surface area contributed by atoms with Crippen molar-refractivity contribution in [3.05, 3.63) is 41.4 Å². The molecule has 5 heteroatoms. The first-order chi connectivity index (χ1) is 12.2. The fraction of sp³-hybridized carbons (Fsp3) is 0.500. The lowest BCUT2D eigenvalue weighted by Gasteiger charge is -2.30. The van der Waals surface area contributed by atoms with E-state index in [1.807, 2.05) is 35.7 Å². The maximum absolute atomic E-state index is 12.1. The minimum atomic E-state index is 0.0666. The Bertz CT molecular complexity index is 671. The minimum Gasteiger partial charge on any atom is -0.356 e. The molecule has 2 heterocycles. The molecule has 0 bridgehead atoms. The molecule has 0 saturated carbocycles. The third-order valence-corrected chi connectivity index (χ3v) is 5.57. The van der Waals surface area contributed by atoms with Gasteiger partial charge < -0.3 is 10.2 Å². The molecule has 2 aromatic rings. The Balaban J connectivity index is 1.37. The van der Waals surface area contributed by atoms with Gasteiger partial charge in [-0.2, -0.15) is 0 Å². The van der Waals surface area contributed by atoms with Gasteiger partial charge in [0, 0.05) is 24.0 Å². The summed E-state index contributed by atoms with van der Waals surface area (Å²) in [6.45, 7) is 6.57. The molecule has 0 aliphatic carbocycles. The predicted octanol–water partition coefficient (Wildman–Crippen LogP) is 3.59. The van der Waals surface area contributed by atoms with Crippen molar-refractivity contribution in [1.29, 1.82) is 0 Å². The lowest BCUT2D eigenvalue weighted by Crippen LogP contribution is -2.36. The third kappa shape index (κ3) is 5.65. The smallest absolute Gasteiger partial charge is 0.226 e. The maximum atomic E-state index is 12.1. The van der Waals surface area contributed by atoms with Crippen LogP contribution in [0.25, 0.3) is 10.6 Å². The standard InChI is InChI=1S/C20H27N3OS/c1-16-7-5-11-23(14-16)12-6-10-21-19(24)13-18-15-25-20(22-18)17-8-3-2-4-9-17/h2-4,8-9,15-16H,5-7,10-14H2,1H3,(H,21,24). The first kappa shape index (κ1) is 18.1. The Morgan fingerprint density at radius 2 is 2.20 bits per heavy atom. The number of carbonyl (C=O) groups is 1. The number of piperidine rings is 1. The molecule has 1 aliphatic heterocycles. The Hall–Kier alpha value is -1.72. The predicted molar refractivity (Wildman–Crippen MR) is 104 cm³/mol. The molecular weight excluding hydrogens is 330 g/mol. The highest BCUT2D eigenvalue weighted by Crippen LogP contribution is 2.23. The first-order valence-electron chi connectivity index (χ1n) is 9.19. The highest BCUT2D eigenvalue weighted by Gasteiger charge is 2.15. The van der Waals surface area contributed by atoms with Crippen LogP contribution in [0.4, 0.5) is 0 Å². The second-order valence-corrected chi connectivity index (χ2v) is 7.80. The van der Waals surface area contributed by atoms with Crippen LogP contribution in [0.5, 0.6) is 0 Å². The van der Waals surface area contributed by atoms with Gasteiger partial charge in [0.15, 0.2) is 0 Å². The molecule has 1 aromatic carbocycles. The lowest BCUT2D eigenvalue weighted by molar-refractivity contribution is -0.120. The zero-order valence-electron chi connectivity index (χ0n) is 14.9. The summed E-state index contributed by atoms with van der Waals surface area (Å²) < 4.78 is 0. The van der Waals surface area contributed by atoms with E-state index >= 15 is 0 Å². The highest BCUT2D eigenvalue weighted by atomic mass is 32.1. The van der Waals surface area contributed by atoms with Crippen LogP contribution in [-0.2, 0) is 11.2 Å². The van der Waals surface area contributed by atoms with Crippen molar-refractivity contribution in [3.8, 4) is 10.6 Å². The monoisotopic (exact) mass is 357 g/mol. The summed E-state index contributed by atoms with van der Waals surface area (Å²) in [7, 11) is 0. The zero-order chi connectivity index (χ0) is 17.5. The van der Waals surface area contributed by atoms with Gasteiger partial charge in [-0.15, -0.1) is 11.3 Å². The highest BCUT2D eigenvalue weighted by molar-refractivity contribution is 7.13. The van der Waals surface area contributed by atoms with Crippen molar-refractivity contribution in [1.82, 2.24) is 15.2 Å². The average molecular weight is 358 g/mol. The van der Waals surface area contributed by atoms with Crippen LogP contribution < -0.4 is 5.32 Å². The van der Waals surface area contributed by atoms with Gasteiger partial charge in [0.1, 0.15) is 5.01 Å². The number of amides is 1. The molecule has 1 atom stereocenters. The van der Waals surface area contributed by atoms with Gasteiger partial charge in [-0.3, -0.25) is 4.79 Å². The molecule has 3 rings (SSSR count). The lowest BCUT2D eigenvalue weighted by atomic mass is 10.0. The first-order valence-corrected chi connectivity index (χ1v) is 10.1. The van der Waals surface area contributed by atoms with Crippen LogP contribution in [-0.4, -0.2) is 42.0 Å². The molecule has 1 fully saturated rings. The van der Waals surface area contributed by atoms with E-state index in [1.165, 1.54) is 25.9 Å². The van der Waals surface area contributed by atoms with Gasteiger partial charge in [0.2, 0.25) is 5.91 Å². The summed E-state index contributed by atoms with van der Waals surface area (Å²) in [5.74, 6) is 0.878. The Kier molecular flexibility index (Phi) is 6.59. The van der Waals surface area contributed by atoms with Crippen molar-refractivity contribution in [3.63, 3.8) is 0 Å². The SMILES string of the molecule is CC1CCCN(CCCNC(=O)Cc2csc(-c3ccccc3)n2)C1. The molecule has 134 valence electrons. The van der Waals surface area contributed by atoms with Crippen LogP contribution >= 0.6 is 11.3 Å². The van der Waals surface area contributed by atoms with Crippen molar-refractivity contribution >= 4 is 17.2 Å². The number of carbonyl (C=O) groups excluding carboxylic acids is 1. The van der Waals surface area contributed by atoms with E-state index in [-0.39, 0.29) is 5.91 Å². The zero-order valence-corrected chi connectivity index (χ0v) is 15.7. The molecular formula is C20H27N3OS. The molecule has 1 aliphatic rings. The fourth-order valence-electron chi connectivity index (χ4n) is 3.35. The van der Waals surface area contributed by atoms with E-state index < -0.39 is 0 Å². The summed E-state index contributed by atoms with van der Waals surface area (Å²) >= 11 is 1.59. The average Bonchev–Trinajstić information content (AvgIpc) is 3.08. The number of likely N-dealkylation sites (tertiary alicyclic amines) is 1. The third-order valence-electron chi connectivity index (χ3n) is 4.63. The maximum Gasteiger partial charge on any atom is 0.226 e.